The molecular weight excluding hydrogens is 436 g/mol. The summed E-state index contributed by atoms with van der Waals surface area (Å²) in [4.78, 5) is 17.6. The number of carbonyl (C=O) groups is 1. The van der Waals surface area contributed by atoms with E-state index >= 15 is 0 Å². The summed E-state index contributed by atoms with van der Waals surface area (Å²) in [5.41, 5.74) is 6.96. The van der Waals surface area contributed by atoms with E-state index in [0.717, 1.165) is 38.9 Å². The topological polar surface area (TPSA) is 68.3 Å². The molecule has 0 unspecified atom stereocenters. The van der Waals surface area contributed by atoms with E-state index in [1.54, 1.807) is 24.3 Å². The second-order valence-electron chi connectivity index (χ2n) is 8.05. The Labute approximate surface area is 196 Å². The summed E-state index contributed by atoms with van der Waals surface area (Å²) in [6.45, 7) is 5.98. The van der Waals surface area contributed by atoms with Gasteiger partial charge in [0.15, 0.2) is 11.3 Å². The van der Waals surface area contributed by atoms with Crippen LogP contribution in [0.25, 0.3) is 33.9 Å². The summed E-state index contributed by atoms with van der Waals surface area (Å²) >= 11 is 5.95. The molecule has 0 saturated heterocycles. The summed E-state index contributed by atoms with van der Waals surface area (Å²) in [7, 11) is 0. The number of carbonyl (C=O) groups excluding carboxylic acids is 1. The zero-order chi connectivity index (χ0) is 23.1. The van der Waals surface area contributed by atoms with E-state index in [1.165, 1.54) is 0 Å². The molecule has 5 rings (SSSR count). The van der Waals surface area contributed by atoms with Gasteiger partial charge in [0.2, 0.25) is 5.89 Å². The minimum Gasteiger partial charge on any atom is -0.451 e. The normalized spacial score (nSPS) is 11.2. The zero-order valence-electron chi connectivity index (χ0n) is 18.4. The first-order chi connectivity index (χ1) is 15.9. The van der Waals surface area contributed by atoms with Gasteiger partial charge < -0.3 is 14.2 Å². The summed E-state index contributed by atoms with van der Waals surface area (Å²) in [6, 6.07) is 20.4. The van der Waals surface area contributed by atoms with Crippen LogP contribution >= 0.6 is 11.6 Å². The van der Waals surface area contributed by atoms with E-state index in [1.807, 2.05) is 57.2 Å². The highest BCUT2D eigenvalue weighted by atomic mass is 35.5. The third-order valence-corrected chi connectivity index (χ3v) is 5.84. The number of amides is 1. The average Bonchev–Trinajstić information content (AvgIpc) is 3.43. The van der Waals surface area contributed by atoms with Gasteiger partial charge in [-0.25, -0.2) is 4.98 Å². The lowest BCUT2D eigenvalue weighted by Gasteiger charge is -2.10. The van der Waals surface area contributed by atoms with Crippen molar-refractivity contribution in [1.82, 2.24) is 4.98 Å². The van der Waals surface area contributed by atoms with Crippen LogP contribution in [-0.4, -0.2) is 10.9 Å². The van der Waals surface area contributed by atoms with Crippen molar-refractivity contribution in [2.45, 2.75) is 20.8 Å². The van der Waals surface area contributed by atoms with Crippen LogP contribution in [0.2, 0.25) is 5.02 Å². The van der Waals surface area contributed by atoms with Crippen molar-refractivity contribution in [3.8, 4) is 22.8 Å². The van der Waals surface area contributed by atoms with Crippen molar-refractivity contribution in [3.05, 3.63) is 94.2 Å². The molecule has 164 valence electrons. The Bertz CT molecular complexity index is 1500. The molecule has 0 fully saturated rings. The number of oxazole rings is 1. The van der Waals surface area contributed by atoms with E-state index in [2.05, 4.69) is 16.4 Å². The number of halogens is 1. The average molecular weight is 457 g/mol. The Morgan fingerprint density at radius 1 is 0.939 bits per heavy atom. The molecule has 6 heteroatoms. The molecule has 0 spiro atoms. The van der Waals surface area contributed by atoms with Crippen LogP contribution < -0.4 is 5.32 Å². The van der Waals surface area contributed by atoms with Gasteiger partial charge in [-0.05, 0) is 92.1 Å². The largest absolute Gasteiger partial charge is 0.451 e. The number of hydrogen-bond donors (Lipinski definition) is 1. The van der Waals surface area contributed by atoms with Gasteiger partial charge >= 0.3 is 0 Å². The molecule has 0 bridgehead atoms. The Hall–Kier alpha value is -3.83. The lowest BCUT2D eigenvalue weighted by atomic mass is 10.1. The second kappa shape index (κ2) is 8.26. The lowest BCUT2D eigenvalue weighted by Crippen LogP contribution is -2.12. The van der Waals surface area contributed by atoms with E-state index in [4.69, 9.17) is 20.4 Å². The SMILES string of the molecule is Cc1cc(C)c2oc(-c3cccc(NC(=O)c4ccc(-c5ccc(Cl)cc5)o4)c3C)nc2c1. The quantitative estimate of drug-likeness (QED) is 0.302. The summed E-state index contributed by atoms with van der Waals surface area (Å²) in [5.74, 6) is 1.01. The first-order valence-electron chi connectivity index (χ1n) is 10.5. The van der Waals surface area contributed by atoms with Crippen molar-refractivity contribution in [2.75, 3.05) is 5.32 Å². The predicted octanol–water partition coefficient (Wildman–Crippen LogP) is 7.59. The zero-order valence-corrected chi connectivity index (χ0v) is 19.2. The molecule has 2 aromatic heterocycles. The maximum absolute atomic E-state index is 12.9. The first-order valence-corrected chi connectivity index (χ1v) is 10.9. The summed E-state index contributed by atoms with van der Waals surface area (Å²) in [5, 5.41) is 3.58. The molecule has 2 heterocycles. The van der Waals surface area contributed by atoms with Gasteiger partial charge in [-0.3, -0.25) is 4.79 Å². The van der Waals surface area contributed by atoms with Crippen LogP contribution in [-0.2, 0) is 0 Å². The lowest BCUT2D eigenvalue weighted by molar-refractivity contribution is 0.0997. The van der Waals surface area contributed by atoms with Crippen LogP contribution in [0.3, 0.4) is 0 Å². The smallest absolute Gasteiger partial charge is 0.291 e. The fraction of sp³-hybridized carbons (Fsp3) is 0.111. The molecule has 3 aromatic carbocycles. The maximum Gasteiger partial charge on any atom is 0.291 e. The molecule has 0 atom stereocenters. The molecule has 1 amide bonds. The molecule has 0 saturated carbocycles. The molecule has 0 aliphatic carbocycles. The van der Waals surface area contributed by atoms with Crippen molar-refractivity contribution < 1.29 is 13.6 Å². The highest BCUT2D eigenvalue weighted by Gasteiger charge is 2.17. The molecule has 0 aliphatic heterocycles. The van der Waals surface area contributed by atoms with Crippen molar-refractivity contribution >= 4 is 34.3 Å². The number of aromatic nitrogens is 1. The van der Waals surface area contributed by atoms with Gasteiger partial charge in [0, 0.05) is 21.8 Å². The van der Waals surface area contributed by atoms with Crippen molar-refractivity contribution in [1.29, 1.82) is 0 Å². The minimum absolute atomic E-state index is 0.220. The number of fused-ring (bicyclic) bond motifs is 1. The molecule has 33 heavy (non-hydrogen) atoms. The fourth-order valence-corrected chi connectivity index (χ4v) is 4.03. The van der Waals surface area contributed by atoms with Gasteiger partial charge in [-0.2, -0.15) is 0 Å². The van der Waals surface area contributed by atoms with Gasteiger partial charge in [0.05, 0.1) is 0 Å². The van der Waals surface area contributed by atoms with Crippen LogP contribution in [0.1, 0.15) is 27.2 Å². The number of nitrogens with one attached hydrogen (secondary N) is 1. The Morgan fingerprint density at radius 2 is 1.73 bits per heavy atom. The first kappa shape index (κ1) is 21.0. The Morgan fingerprint density at radius 3 is 2.52 bits per heavy atom. The Balaban J connectivity index is 1.42. The second-order valence-corrected chi connectivity index (χ2v) is 8.49. The van der Waals surface area contributed by atoms with Crippen molar-refractivity contribution in [3.63, 3.8) is 0 Å². The van der Waals surface area contributed by atoms with Crippen LogP contribution in [0.4, 0.5) is 5.69 Å². The van der Waals surface area contributed by atoms with Crippen LogP contribution in [0.15, 0.2) is 75.6 Å². The highest BCUT2D eigenvalue weighted by molar-refractivity contribution is 6.30. The number of rotatable bonds is 4. The summed E-state index contributed by atoms with van der Waals surface area (Å²) in [6.07, 6.45) is 0. The third kappa shape index (κ3) is 4.03. The number of furan rings is 1. The van der Waals surface area contributed by atoms with Gasteiger partial charge in [0.25, 0.3) is 5.91 Å². The number of benzene rings is 3. The Kier molecular flexibility index (Phi) is 5.27. The maximum atomic E-state index is 12.9. The number of anilines is 1. The molecule has 0 aliphatic rings. The molecule has 1 N–H and O–H groups in total. The predicted molar refractivity (Wildman–Crippen MR) is 131 cm³/mol. The molecule has 5 aromatic rings. The van der Waals surface area contributed by atoms with E-state index in [-0.39, 0.29) is 11.7 Å². The molecule has 0 radical (unpaired) electrons. The van der Waals surface area contributed by atoms with Crippen LogP contribution in [0, 0.1) is 20.8 Å². The third-order valence-electron chi connectivity index (χ3n) is 5.59. The molecular formula is C27H21ClN2O3. The number of nitrogens with zero attached hydrogens (tertiary/aromatic N) is 1. The van der Waals surface area contributed by atoms with Gasteiger partial charge in [0.1, 0.15) is 11.3 Å². The van der Waals surface area contributed by atoms with E-state index in [0.29, 0.717) is 22.4 Å². The fourth-order valence-electron chi connectivity index (χ4n) is 3.91. The molecule has 5 nitrogen and oxygen atoms in total. The standard InChI is InChI=1S/C27H21ClN2O3/c1-15-13-16(2)25-22(14-15)30-27(33-25)20-5-4-6-21(17(20)3)29-26(31)24-12-11-23(32-24)18-7-9-19(28)10-8-18/h4-14H,1-3H3,(H,29,31). The highest BCUT2D eigenvalue weighted by Crippen LogP contribution is 2.32. The minimum atomic E-state index is -0.334. The van der Waals surface area contributed by atoms with Crippen molar-refractivity contribution in [2.24, 2.45) is 0 Å². The van der Waals surface area contributed by atoms with E-state index < -0.39 is 0 Å². The van der Waals surface area contributed by atoms with Crippen LogP contribution in [0.5, 0.6) is 0 Å². The number of aryl methyl sites for hydroxylation is 2. The van der Waals surface area contributed by atoms with Gasteiger partial charge in [-0.15, -0.1) is 0 Å². The monoisotopic (exact) mass is 456 g/mol. The van der Waals surface area contributed by atoms with Gasteiger partial charge in [-0.1, -0.05) is 23.7 Å². The summed E-state index contributed by atoms with van der Waals surface area (Å²) < 4.78 is 11.9. The number of hydrogen-bond acceptors (Lipinski definition) is 4. The van der Waals surface area contributed by atoms with E-state index in [9.17, 15) is 4.79 Å².